The Morgan fingerprint density at radius 3 is 2.88 bits per heavy atom. The molecular weight excluding hydrogens is 216 g/mol. The molecule has 0 saturated heterocycles. The Bertz CT molecular complexity index is 570. The molecule has 3 N–H and O–H groups in total. The van der Waals surface area contributed by atoms with Gasteiger partial charge in [0.15, 0.2) is 0 Å². The summed E-state index contributed by atoms with van der Waals surface area (Å²) in [6.07, 6.45) is 3.43. The van der Waals surface area contributed by atoms with Crippen LogP contribution >= 0.6 is 0 Å². The van der Waals surface area contributed by atoms with Gasteiger partial charge in [0, 0.05) is 11.9 Å². The Balaban J connectivity index is 1.91. The van der Waals surface area contributed by atoms with E-state index in [4.69, 9.17) is 10.2 Å². The summed E-state index contributed by atoms with van der Waals surface area (Å²) in [7, 11) is 0. The highest BCUT2D eigenvalue weighted by molar-refractivity contribution is 6.06. The predicted octanol–water partition coefficient (Wildman–Crippen LogP) is 1.65. The Kier molecular flexibility index (Phi) is 2.19. The third kappa shape index (κ3) is 1.70. The number of benzene rings is 1. The van der Waals surface area contributed by atoms with Crippen LogP contribution in [-0.2, 0) is 0 Å². The van der Waals surface area contributed by atoms with E-state index in [1.54, 1.807) is 0 Å². The number of hydrogen-bond donors (Lipinski definition) is 2. The third-order valence-corrected chi connectivity index (χ3v) is 3.35. The van der Waals surface area contributed by atoms with Crippen molar-refractivity contribution in [3.05, 3.63) is 36.1 Å². The first-order valence-electron chi connectivity index (χ1n) is 5.73. The van der Waals surface area contributed by atoms with Gasteiger partial charge in [-0.25, -0.2) is 0 Å². The fourth-order valence-corrected chi connectivity index (χ4v) is 1.99. The van der Waals surface area contributed by atoms with Gasteiger partial charge in [0.25, 0.3) is 5.91 Å². The van der Waals surface area contributed by atoms with Crippen molar-refractivity contribution < 1.29 is 9.21 Å². The van der Waals surface area contributed by atoms with E-state index in [2.05, 4.69) is 5.32 Å². The summed E-state index contributed by atoms with van der Waals surface area (Å²) < 4.78 is 5.35. The zero-order valence-electron chi connectivity index (χ0n) is 9.40. The van der Waals surface area contributed by atoms with Gasteiger partial charge in [0.2, 0.25) is 0 Å². The van der Waals surface area contributed by atoms with Gasteiger partial charge in [-0.05, 0) is 18.9 Å². The summed E-state index contributed by atoms with van der Waals surface area (Å²) >= 11 is 0. The van der Waals surface area contributed by atoms with Gasteiger partial charge in [-0.15, -0.1) is 0 Å². The highest BCUT2D eigenvalue weighted by Crippen LogP contribution is 2.34. The number of fused-ring (bicyclic) bond motifs is 1. The smallest absolute Gasteiger partial charge is 0.255 e. The standard InChI is InChI=1S/C13H14N2O2/c14-8-13(5-6-13)15-12(16)10-7-17-11-4-2-1-3-9(10)11/h1-4,7H,5-6,8,14H2,(H,15,16). The fraction of sp³-hybridized carbons (Fsp3) is 0.308. The molecule has 1 saturated carbocycles. The van der Waals surface area contributed by atoms with E-state index < -0.39 is 0 Å². The first-order chi connectivity index (χ1) is 8.24. The molecular formula is C13H14N2O2. The van der Waals surface area contributed by atoms with Crippen molar-refractivity contribution in [2.75, 3.05) is 6.54 Å². The van der Waals surface area contributed by atoms with Crippen LogP contribution in [0, 0.1) is 0 Å². The lowest BCUT2D eigenvalue weighted by molar-refractivity contribution is 0.0934. The number of hydrogen-bond acceptors (Lipinski definition) is 3. The van der Waals surface area contributed by atoms with Crippen LogP contribution in [0.1, 0.15) is 23.2 Å². The van der Waals surface area contributed by atoms with Crippen molar-refractivity contribution in [3.63, 3.8) is 0 Å². The Morgan fingerprint density at radius 2 is 2.18 bits per heavy atom. The second kappa shape index (κ2) is 3.60. The van der Waals surface area contributed by atoms with Crippen LogP contribution < -0.4 is 11.1 Å². The maximum absolute atomic E-state index is 12.1. The number of nitrogens with one attached hydrogen (secondary N) is 1. The van der Waals surface area contributed by atoms with E-state index in [0.29, 0.717) is 12.1 Å². The first kappa shape index (κ1) is 10.4. The Morgan fingerprint density at radius 1 is 1.41 bits per heavy atom. The molecule has 3 rings (SSSR count). The second-order valence-corrected chi connectivity index (χ2v) is 4.58. The highest BCUT2D eigenvalue weighted by Gasteiger charge is 2.43. The van der Waals surface area contributed by atoms with Crippen molar-refractivity contribution in [3.8, 4) is 0 Å². The van der Waals surface area contributed by atoms with Crippen LogP contribution in [-0.4, -0.2) is 18.0 Å². The lowest BCUT2D eigenvalue weighted by atomic mass is 10.1. The van der Waals surface area contributed by atoms with Crippen molar-refractivity contribution in [1.82, 2.24) is 5.32 Å². The van der Waals surface area contributed by atoms with Crippen LogP contribution in [0.4, 0.5) is 0 Å². The van der Waals surface area contributed by atoms with Crippen LogP contribution in [0.25, 0.3) is 11.0 Å². The minimum Gasteiger partial charge on any atom is -0.463 e. The Labute approximate surface area is 98.8 Å². The van der Waals surface area contributed by atoms with Gasteiger partial charge in [0.1, 0.15) is 11.8 Å². The maximum atomic E-state index is 12.1. The molecule has 0 unspecified atom stereocenters. The second-order valence-electron chi connectivity index (χ2n) is 4.58. The van der Waals surface area contributed by atoms with Crippen LogP contribution in [0.3, 0.4) is 0 Å². The zero-order valence-corrected chi connectivity index (χ0v) is 9.40. The minimum atomic E-state index is -0.171. The molecule has 0 radical (unpaired) electrons. The number of rotatable bonds is 3. The number of furan rings is 1. The largest absolute Gasteiger partial charge is 0.463 e. The van der Waals surface area contributed by atoms with E-state index in [0.717, 1.165) is 23.8 Å². The summed E-state index contributed by atoms with van der Waals surface area (Å²) in [5, 5.41) is 3.83. The molecule has 2 aromatic rings. The van der Waals surface area contributed by atoms with Crippen molar-refractivity contribution >= 4 is 16.9 Å². The molecule has 1 fully saturated rings. The van der Waals surface area contributed by atoms with E-state index in [9.17, 15) is 4.79 Å². The molecule has 1 heterocycles. The van der Waals surface area contributed by atoms with Crippen molar-refractivity contribution in [2.45, 2.75) is 18.4 Å². The summed E-state index contributed by atoms with van der Waals surface area (Å²) in [5.41, 5.74) is 6.79. The van der Waals surface area contributed by atoms with Crippen LogP contribution in [0.2, 0.25) is 0 Å². The molecule has 4 nitrogen and oxygen atoms in total. The summed E-state index contributed by atoms with van der Waals surface area (Å²) in [4.78, 5) is 12.1. The van der Waals surface area contributed by atoms with E-state index >= 15 is 0 Å². The molecule has 0 aliphatic heterocycles. The number of para-hydroxylation sites is 1. The van der Waals surface area contributed by atoms with E-state index in [1.165, 1.54) is 6.26 Å². The van der Waals surface area contributed by atoms with Gasteiger partial charge in [-0.1, -0.05) is 18.2 Å². The summed E-state index contributed by atoms with van der Waals surface area (Å²) in [6.45, 7) is 0.495. The maximum Gasteiger partial charge on any atom is 0.255 e. The van der Waals surface area contributed by atoms with Crippen molar-refractivity contribution in [2.24, 2.45) is 5.73 Å². The molecule has 1 aromatic heterocycles. The van der Waals surface area contributed by atoms with Crippen LogP contribution in [0.5, 0.6) is 0 Å². The fourth-order valence-electron chi connectivity index (χ4n) is 1.99. The van der Waals surface area contributed by atoms with E-state index in [-0.39, 0.29) is 11.4 Å². The highest BCUT2D eigenvalue weighted by atomic mass is 16.3. The number of amides is 1. The molecule has 0 spiro atoms. The van der Waals surface area contributed by atoms with Gasteiger partial charge in [-0.2, -0.15) is 0 Å². The minimum absolute atomic E-state index is 0.0992. The molecule has 4 heteroatoms. The lowest BCUT2D eigenvalue weighted by Gasteiger charge is -2.13. The lowest BCUT2D eigenvalue weighted by Crippen LogP contribution is -2.42. The first-order valence-corrected chi connectivity index (χ1v) is 5.73. The number of carbonyl (C=O) groups is 1. The summed E-state index contributed by atoms with van der Waals surface area (Å²) in [6, 6.07) is 7.51. The normalized spacial score (nSPS) is 17.0. The molecule has 1 aromatic carbocycles. The average molecular weight is 230 g/mol. The van der Waals surface area contributed by atoms with Crippen LogP contribution in [0.15, 0.2) is 34.9 Å². The molecule has 0 bridgehead atoms. The van der Waals surface area contributed by atoms with Gasteiger partial charge in [0.05, 0.1) is 11.1 Å². The van der Waals surface area contributed by atoms with Gasteiger partial charge < -0.3 is 15.5 Å². The molecule has 1 amide bonds. The van der Waals surface area contributed by atoms with Gasteiger partial charge in [-0.3, -0.25) is 4.79 Å². The third-order valence-electron chi connectivity index (χ3n) is 3.35. The Hall–Kier alpha value is -1.81. The topological polar surface area (TPSA) is 68.3 Å². The SMILES string of the molecule is NCC1(NC(=O)c2coc3ccccc23)CC1. The average Bonchev–Trinajstić information content (AvgIpc) is 2.99. The molecule has 17 heavy (non-hydrogen) atoms. The van der Waals surface area contributed by atoms with Gasteiger partial charge >= 0.3 is 0 Å². The molecule has 0 atom stereocenters. The summed E-state index contributed by atoms with van der Waals surface area (Å²) in [5.74, 6) is -0.0992. The monoisotopic (exact) mass is 230 g/mol. The predicted molar refractivity (Wildman–Crippen MR) is 64.7 cm³/mol. The quantitative estimate of drug-likeness (QED) is 0.842. The van der Waals surface area contributed by atoms with Crippen molar-refractivity contribution in [1.29, 1.82) is 0 Å². The number of nitrogens with two attached hydrogens (primary N) is 1. The molecule has 1 aliphatic carbocycles. The zero-order chi connectivity index (χ0) is 11.9. The molecule has 1 aliphatic rings. The molecule has 88 valence electrons. The van der Waals surface area contributed by atoms with E-state index in [1.807, 2.05) is 24.3 Å². The number of carbonyl (C=O) groups excluding carboxylic acids is 1.